The fraction of sp³-hybridized carbons (Fsp3) is 0. The molecule has 2 nitrogen and oxygen atoms in total. The lowest BCUT2D eigenvalue weighted by molar-refractivity contribution is 1.32. The summed E-state index contributed by atoms with van der Waals surface area (Å²) in [5, 5.41) is 3.27. The first-order valence-electron chi connectivity index (χ1n) is 4.27. The van der Waals surface area contributed by atoms with Crippen LogP contribution in [-0.4, -0.2) is 4.98 Å². The number of pyridine rings is 1. The van der Waals surface area contributed by atoms with Crippen LogP contribution in [0.1, 0.15) is 0 Å². The molecular weight excluding hydrogens is 240 g/mol. The van der Waals surface area contributed by atoms with Gasteiger partial charge >= 0.3 is 0 Å². The molecule has 0 amide bonds. The highest BCUT2D eigenvalue weighted by atomic mass is 79.9. The van der Waals surface area contributed by atoms with Crippen LogP contribution in [0, 0.1) is 0 Å². The molecule has 0 bridgehead atoms. The van der Waals surface area contributed by atoms with Crippen LogP contribution < -0.4 is 5.32 Å². The lowest BCUT2D eigenvalue weighted by atomic mass is 10.3. The van der Waals surface area contributed by atoms with Crippen molar-refractivity contribution in [2.24, 2.45) is 0 Å². The zero-order valence-electron chi connectivity index (χ0n) is 7.44. The van der Waals surface area contributed by atoms with E-state index in [0.717, 1.165) is 15.8 Å². The molecular formula is C11H9BrN2. The van der Waals surface area contributed by atoms with Crippen molar-refractivity contribution in [1.82, 2.24) is 4.98 Å². The molecule has 0 fully saturated rings. The Labute approximate surface area is 91.1 Å². The molecule has 0 saturated heterocycles. The number of nitrogens with zero attached hydrogens (tertiary/aromatic N) is 1. The van der Waals surface area contributed by atoms with Crippen LogP contribution in [0.25, 0.3) is 0 Å². The normalized spacial score (nSPS) is 9.79. The van der Waals surface area contributed by atoms with Gasteiger partial charge in [-0.2, -0.15) is 0 Å². The van der Waals surface area contributed by atoms with Crippen molar-refractivity contribution in [1.29, 1.82) is 0 Å². The maximum absolute atomic E-state index is 3.95. The standard InChI is InChI=1S/C11H9BrN2/c12-9-1-3-10(4-2-9)14-11-5-7-13-8-6-11/h1-8H,(H,13,14). The Balaban J connectivity index is 2.16. The molecule has 1 N–H and O–H groups in total. The quantitative estimate of drug-likeness (QED) is 0.879. The van der Waals surface area contributed by atoms with Crippen LogP contribution in [-0.2, 0) is 0 Å². The molecule has 0 spiro atoms. The second kappa shape index (κ2) is 4.24. The second-order valence-corrected chi connectivity index (χ2v) is 3.78. The summed E-state index contributed by atoms with van der Waals surface area (Å²) in [6.07, 6.45) is 3.53. The minimum absolute atomic E-state index is 1.04. The summed E-state index contributed by atoms with van der Waals surface area (Å²) in [5.41, 5.74) is 2.11. The third-order valence-electron chi connectivity index (χ3n) is 1.81. The molecule has 14 heavy (non-hydrogen) atoms. The second-order valence-electron chi connectivity index (χ2n) is 2.87. The van der Waals surface area contributed by atoms with Gasteiger partial charge in [0.2, 0.25) is 0 Å². The zero-order valence-corrected chi connectivity index (χ0v) is 9.03. The molecule has 0 unspecified atom stereocenters. The van der Waals surface area contributed by atoms with Crippen molar-refractivity contribution < 1.29 is 0 Å². The molecule has 1 heterocycles. The molecule has 70 valence electrons. The smallest absolute Gasteiger partial charge is 0.0415 e. The Morgan fingerprint density at radius 3 is 2.07 bits per heavy atom. The molecule has 0 radical (unpaired) electrons. The maximum Gasteiger partial charge on any atom is 0.0415 e. The van der Waals surface area contributed by atoms with Gasteiger partial charge in [-0.15, -0.1) is 0 Å². The molecule has 0 aliphatic rings. The highest BCUT2D eigenvalue weighted by Crippen LogP contribution is 2.18. The lowest BCUT2D eigenvalue weighted by Crippen LogP contribution is -1.89. The molecule has 0 aliphatic carbocycles. The van der Waals surface area contributed by atoms with Gasteiger partial charge in [-0.1, -0.05) is 15.9 Å². The van der Waals surface area contributed by atoms with Gasteiger partial charge in [-0.3, -0.25) is 4.98 Å². The molecule has 2 rings (SSSR count). The molecule has 1 aromatic heterocycles. The van der Waals surface area contributed by atoms with Crippen LogP contribution in [0.5, 0.6) is 0 Å². The number of rotatable bonds is 2. The van der Waals surface area contributed by atoms with Gasteiger partial charge in [-0.05, 0) is 36.4 Å². The number of anilines is 2. The van der Waals surface area contributed by atoms with Crippen LogP contribution in [0.4, 0.5) is 11.4 Å². The Hall–Kier alpha value is -1.35. The van der Waals surface area contributed by atoms with Crippen LogP contribution in [0.15, 0.2) is 53.3 Å². The summed E-state index contributed by atoms with van der Waals surface area (Å²) in [6.45, 7) is 0. The predicted octanol–water partition coefficient (Wildman–Crippen LogP) is 3.59. The number of benzene rings is 1. The molecule has 0 aliphatic heterocycles. The highest BCUT2D eigenvalue weighted by molar-refractivity contribution is 9.10. The first-order chi connectivity index (χ1) is 6.84. The Kier molecular flexibility index (Phi) is 2.79. The van der Waals surface area contributed by atoms with Crippen molar-refractivity contribution in [2.45, 2.75) is 0 Å². The van der Waals surface area contributed by atoms with Gasteiger partial charge in [0, 0.05) is 28.2 Å². The molecule has 2 aromatic rings. The van der Waals surface area contributed by atoms with E-state index < -0.39 is 0 Å². The van der Waals surface area contributed by atoms with Crippen molar-refractivity contribution >= 4 is 27.3 Å². The Morgan fingerprint density at radius 1 is 0.857 bits per heavy atom. The van der Waals surface area contributed by atoms with Crippen molar-refractivity contribution in [3.63, 3.8) is 0 Å². The first kappa shape index (κ1) is 9.21. The number of hydrogen-bond acceptors (Lipinski definition) is 2. The van der Waals surface area contributed by atoms with E-state index >= 15 is 0 Å². The SMILES string of the molecule is Brc1ccc(Nc2ccncc2)cc1. The van der Waals surface area contributed by atoms with E-state index in [9.17, 15) is 0 Å². The third kappa shape index (κ3) is 2.33. The van der Waals surface area contributed by atoms with Gasteiger partial charge in [0.1, 0.15) is 0 Å². The highest BCUT2D eigenvalue weighted by Gasteiger charge is 1.92. The van der Waals surface area contributed by atoms with Crippen molar-refractivity contribution in [2.75, 3.05) is 5.32 Å². The number of aromatic nitrogens is 1. The average molecular weight is 249 g/mol. The van der Waals surface area contributed by atoms with Crippen molar-refractivity contribution in [3.05, 3.63) is 53.3 Å². The Morgan fingerprint density at radius 2 is 1.43 bits per heavy atom. The molecule has 0 atom stereocenters. The summed E-state index contributed by atoms with van der Waals surface area (Å²) in [7, 11) is 0. The van der Waals surface area contributed by atoms with Crippen LogP contribution in [0.3, 0.4) is 0 Å². The monoisotopic (exact) mass is 248 g/mol. The summed E-state index contributed by atoms with van der Waals surface area (Å²) >= 11 is 3.39. The number of halogens is 1. The lowest BCUT2D eigenvalue weighted by Gasteiger charge is -2.05. The van der Waals surface area contributed by atoms with Gasteiger partial charge in [-0.25, -0.2) is 0 Å². The van der Waals surface area contributed by atoms with E-state index in [2.05, 4.69) is 26.2 Å². The summed E-state index contributed by atoms with van der Waals surface area (Å²) in [4.78, 5) is 3.95. The van der Waals surface area contributed by atoms with E-state index in [4.69, 9.17) is 0 Å². The third-order valence-corrected chi connectivity index (χ3v) is 2.34. The topological polar surface area (TPSA) is 24.9 Å². The van der Waals surface area contributed by atoms with Gasteiger partial charge in [0.15, 0.2) is 0 Å². The largest absolute Gasteiger partial charge is 0.355 e. The minimum atomic E-state index is 1.04. The van der Waals surface area contributed by atoms with Crippen LogP contribution in [0.2, 0.25) is 0 Å². The van der Waals surface area contributed by atoms with E-state index in [-0.39, 0.29) is 0 Å². The fourth-order valence-electron chi connectivity index (χ4n) is 1.14. The van der Waals surface area contributed by atoms with E-state index in [1.165, 1.54) is 0 Å². The minimum Gasteiger partial charge on any atom is -0.355 e. The fourth-order valence-corrected chi connectivity index (χ4v) is 1.40. The summed E-state index contributed by atoms with van der Waals surface area (Å²) in [5.74, 6) is 0. The molecule has 1 aromatic carbocycles. The van der Waals surface area contributed by atoms with E-state index in [0.29, 0.717) is 0 Å². The molecule has 3 heteroatoms. The zero-order chi connectivity index (χ0) is 9.80. The van der Waals surface area contributed by atoms with E-state index in [1.807, 2.05) is 36.4 Å². The average Bonchev–Trinajstić information content (AvgIpc) is 2.23. The number of nitrogens with one attached hydrogen (secondary N) is 1. The van der Waals surface area contributed by atoms with Gasteiger partial charge in [0.05, 0.1) is 0 Å². The van der Waals surface area contributed by atoms with Crippen molar-refractivity contribution in [3.8, 4) is 0 Å². The molecule has 0 saturated carbocycles. The maximum atomic E-state index is 3.95. The van der Waals surface area contributed by atoms with E-state index in [1.54, 1.807) is 12.4 Å². The summed E-state index contributed by atoms with van der Waals surface area (Å²) in [6, 6.07) is 11.9. The predicted molar refractivity (Wildman–Crippen MR) is 61.7 cm³/mol. The van der Waals surface area contributed by atoms with Gasteiger partial charge in [0.25, 0.3) is 0 Å². The summed E-state index contributed by atoms with van der Waals surface area (Å²) < 4.78 is 1.08. The number of hydrogen-bond donors (Lipinski definition) is 1. The Bertz CT molecular complexity index is 397. The van der Waals surface area contributed by atoms with Crippen LogP contribution >= 0.6 is 15.9 Å². The first-order valence-corrected chi connectivity index (χ1v) is 5.06. The van der Waals surface area contributed by atoms with Gasteiger partial charge < -0.3 is 5.32 Å².